The summed E-state index contributed by atoms with van der Waals surface area (Å²) in [5.41, 5.74) is 6.62. The molecule has 0 spiro atoms. The second kappa shape index (κ2) is 14.5. The highest BCUT2D eigenvalue weighted by molar-refractivity contribution is 5.83. The van der Waals surface area contributed by atoms with E-state index in [1.165, 1.54) is 10.9 Å². The Morgan fingerprint density at radius 2 is 1.95 bits per heavy atom. The fourth-order valence-corrected chi connectivity index (χ4v) is 5.22. The SMILES string of the molecule is CC.CCNC(=O)[C@H]1O[C@@H](n2cnc3c(N)nc(C#CCC4CCN(C(=O)OCC5CCC(=O)N5)CC4)nc32)[C@@H](O)C1O. The van der Waals surface area contributed by atoms with Gasteiger partial charge in [-0.1, -0.05) is 19.8 Å². The van der Waals surface area contributed by atoms with Crippen molar-refractivity contribution < 1.29 is 34.1 Å². The number of likely N-dealkylation sites (tertiary alicyclic amines) is 1. The van der Waals surface area contributed by atoms with Crippen LogP contribution in [0.15, 0.2) is 6.33 Å². The predicted octanol–water partition coefficient (Wildman–Crippen LogP) is 0.0588. The van der Waals surface area contributed by atoms with Crippen molar-refractivity contribution in [1.29, 1.82) is 0 Å². The molecule has 0 radical (unpaired) electrons. The van der Waals surface area contributed by atoms with Crippen molar-refractivity contribution in [3.8, 4) is 11.8 Å². The minimum absolute atomic E-state index is 0.0144. The minimum atomic E-state index is -1.44. The van der Waals surface area contributed by atoms with Crippen LogP contribution < -0.4 is 16.4 Å². The molecular weight excluding hydrogens is 560 g/mol. The molecule has 234 valence electrons. The van der Waals surface area contributed by atoms with Crippen LogP contribution in [0.2, 0.25) is 0 Å². The van der Waals surface area contributed by atoms with Gasteiger partial charge in [-0.3, -0.25) is 14.2 Å². The molecular formula is C28H40N8O7. The van der Waals surface area contributed by atoms with Gasteiger partial charge in [0.1, 0.15) is 24.3 Å². The van der Waals surface area contributed by atoms with Crippen LogP contribution in [-0.4, -0.2) is 103 Å². The number of imidazole rings is 1. The van der Waals surface area contributed by atoms with Crippen molar-refractivity contribution in [1.82, 2.24) is 35.1 Å². The predicted molar refractivity (Wildman–Crippen MR) is 154 cm³/mol. The van der Waals surface area contributed by atoms with E-state index in [0.717, 1.165) is 12.8 Å². The summed E-state index contributed by atoms with van der Waals surface area (Å²) < 4.78 is 12.5. The Bertz CT molecular complexity index is 1360. The lowest BCUT2D eigenvalue weighted by Crippen LogP contribution is -2.42. The Morgan fingerprint density at radius 3 is 2.63 bits per heavy atom. The van der Waals surface area contributed by atoms with Crippen LogP contribution in [0.4, 0.5) is 10.6 Å². The lowest BCUT2D eigenvalue weighted by Gasteiger charge is -2.30. The van der Waals surface area contributed by atoms with Crippen LogP contribution in [0, 0.1) is 17.8 Å². The number of anilines is 1. The molecule has 0 aliphatic carbocycles. The molecule has 3 fully saturated rings. The summed E-state index contributed by atoms with van der Waals surface area (Å²) in [5, 5.41) is 26.3. The van der Waals surface area contributed by atoms with E-state index in [4.69, 9.17) is 15.2 Å². The lowest BCUT2D eigenvalue weighted by molar-refractivity contribution is -0.137. The van der Waals surface area contributed by atoms with Crippen molar-refractivity contribution in [2.45, 2.75) is 83.5 Å². The Kier molecular flexibility index (Phi) is 10.7. The molecule has 2 aromatic rings. The van der Waals surface area contributed by atoms with Crippen LogP contribution in [0.25, 0.3) is 11.2 Å². The molecule has 5 heterocycles. The van der Waals surface area contributed by atoms with Gasteiger partial charge >= 0.3 is 6.09 Å². The van der Waals surface area contributed by atoms with Gasteiger partial charge < -0.3 is 41.0 Å². The number of nitrogens with two attached hydrogens (primary N) is 1. The number of carbonyl (C=O) groups excluding carboxylic acids is 3. The molecule has 0 saturated carbocycles. The molecule has 2 aromatic heterocycles. The summed E-state index contributed by atoms with van der Waals surface area (Å²) in [6, 6.07) is -0.111. The summed E-state index contributed by atoms with van der Waals surface area (Å²) in [4.78, 5) is 50.5. The number of ether oxygens (including phenoxy) is 2. The molecule has 0 bridgehead atoms. The topological polar surface area (TPSA) is 207 Å². The fourth-order valence-electron chi connectivity index (χ4n) is 5.22. The Labute approximate surface area is 249 Å². The van der Waals surface area contributed by atoms with Crippen LogP contribution >= 0.6 is 0 Å². The first kappa shape index (κ1) is 31.9. The van der Waals surface area contributed by atoms with E-state index in [9.17, 15) is 24.6 Å². The highest BCUT2D eigenvalue weighted by Crippen LogP contribution is 2.32. The number of hydrogen-bond donors (Lipinski definition) is 5. The maximum atomic E-state index is 12.4. The van der Waals surface area contributed by atoms with E-state index in [0.29, 0.717) is 38.9 Å². The summed E-state index contributed by atoms with van der Waals surface area (Å²) in [5.74, 6) is 6.02. The van der Waals surface area contributed by atoms with E-state index < -0.39 is 30.4 Å². The smallest absolute Gasteiger partial charge is 0.409 e. The fraction of sp³-hybridized carbons (Fsp3) is 0.643. The molecule has 0 aromatic carbocycles. The minimum Gasteiger partial charge on any atom is -0.447 e. The van der Waals surface area contributed by atoms with Crippen molar-refractivity contribution in [3.05, 3.63) is 12.2 Å². The molecule has 3 aliphatic rings. The Morgan fingerprint density at radius 1 is 1.21 bits per heavy atom. The second-order valence-corrected chi connectivity index (χ2v) is 10.4. The van der Waals surface area contributed by atoms with E-state index in [-0.39, 0.29) is 53.4 Å². The molecule has 5 atom stereocenters. The number of carbonyl (C=O) groups is 3. The summed E-state index contributed by atoms with van der Waals surface area (Å²) in [6.07, 6.45) is -0.982. The van der Waals surface area contributed by atoms with E-state index in [1.807, 2.05) is 13.8 Å². The number of rotatable bonds is 6. The number of likely N-dealkylation sites (N-methyl/N-ethyl adjacent to an activating group) is 1. The first-order chi connectivity index (χ1) is 20.7. The zero-order valence-corrected chi connectivity index (χ0v) is 24.7. The van der Waals surface area contributed by atoms with Gasteiger partial charge in [0.2, 0.25) is 11.7 Å². The monoisotopic (exact) mass is 600 g/mol. The normalized spacial score (nSPS) is 25.4. The van der Waals surface area contributed by atoms with Gasteiger partial charge in [-0.05, 0) is 38.0 Å². The van der Waals surface area contributed by atoms with Gasteiger partial charge in [-0.25, -0.2) is 19.7 Å². The maximum absolute atomic E-state index is 12.4. The molecule has 3 amide bonds. The van der Waals surface area contributed by atoms with E-state index in [2.05, 4.69) is 37.4 Å². The van der Waals surface area contributed by atoms with E-state index in [1.54, 1.807) is 11.8 Å². The van der Waals surface area contributed by atoms with Gasteiger partial charge in [-0.2, -0.15) is 0 Å². The van der Waals surface area contributed by atoms with Crippen LogP contribution in [0.3, 0.4) is 0 Å². The summed E-state index contributed by atoms with van der Waals surface area (Å²) in [7, 11) is 0. The largest absolute Gasteiger partial charge is 0.447 e. The quantitative estimate of drug-likeness (QED) is 0.280. The van der Waals surface area contributed by atoms with Crippen molar-refractivity contribution in [2.75, 3.05) is 32.0 Å². The number of nitrogen functional groups attached to an aromatic ring is 1. The average Bonchev–Trinajstić information content (AvgIpc) is 3.70. The standard InChI is InChI=1S/C26H34N8O7.C2H6/c1-2-28-24(38)21-19(36)20(37)25(41-21)34-13-29-18-22(27)31-16(32-23(18)34)5-3-4-14-8-10-33(11-9-14)26(39)40-12-15-6-7-17(35)30-15;1-2/h13-15,19-21,25,36-37H,2,4,6-12H2,1H3,(H,28,38)(H,30,35)(H2,27,31,32);1-2H3/t15?,19?,20-,21-,25+;/m0./s1. The van der Waals surface area contributed by atoms with Crippen molar-refractivity contribution in [3.63, 3.8) is 0 Å². The Hall–Kier alpha value is -4.00. The summed E-state index contributed by atoms with van der Waals surface area (Å²) in [6.45, 7) is 7.39. The number of piperidine rings is 1. The van der Waals surface area contributed by atoms with Gasteiger partial charge in [0.15, 0.2) is 23.8 Å². The number of aliphatic hydroxyl groups is 2. The van der Waals surface area contributed by atoms with Crippen molar-refractivity contribution >= 4 is 34.9 Å². The third-order valence-electron chi connectivity index (χ3n) is 7.53. The number of fused-ring (bicyclic) bond motifs is 1. The number of nitrogens with zero attached hydrogens (tertiary/aromatic N) is 5. The number of hydrogen-bond acceptors (Lipinski definition) is 11. The first-order valence-electron chi connectivity index (χ1n) is 14.7. The molecule has 2 unspecified atom stereocenters. The van der Waals surface area contributed by atoms with Gasteiger partial charge in [-0.15, -0.1) is 0 Å². The second-order valence-electron chi connectivity index (χ2n) is 10.4. The molecule has 6 N–H and O–H groups in total. The number of aliphatic hydroxyl groups excluding tert-OH is 2. The van der Waals surface area contributed by atoms with Crippen molar-refractivity contribution in [2.24, 2.45) is 5.92 Å². The van der Waals surface area contributed by atoms with Crippen LogP contribution in [-0.2, 0) is 19.1 Å². The zero-order valence-electron chi connectivity index (χ0n) is 24.7. The number of aromatic nitrogens is 4. The molecule has 15 nitrogen and oxygen atoms in total. The zero-order chi connectivity index (χ0) is 31.1. The maximum Gasteiger partial charge on any atom is 0.409 e. The highest BCUT2D eigenvalue weighted by Gasteiger charge is 2.47. The molecule has 3 saturated heterocycles. The highest BCUT2D eigenvalue weighted by atomic mass is 16.6. The molecule has 5 rings (SSSR count). The van der Waals surface area contributed by atoms with Gasteiger partial charge in [0.25, 0.3) is 5.91 Å². The number of amides is 3. The first-order valence-corrected chi connectivity index (χ1v) is 14.7. The lowest BCUT2D eigenvalue weighted by atomic mass is 9.94. The van der Waals surface area contributed by atoms with Gasteiger partial charge in [0.05, 0.1) is 12.4 Å². The molecule has 3 aliphatic heterocycles. The third-order valence-corrected chi connectivity index (χ3v) is 7.53. The van der Waals surface area contributed by atoms with Gasteiger partial charge in [0, 0.05) is 32.5 Å². The molecule has 43 heavy (non-hydrogen) atoms. The average molecular weight is 601 g/mol. The Balaban J connectivity index is 0.00000207. The van der Waals surface area contributed by atoms with E-state index >= 15 is 0 Å². The van der Waals surface area contributed by atoms with Crippen LogP contribution in [0.1, 0.15) is 64.9 Å². The third kappa shape index (κ3) is 7.32. The van der Waals surface area contributed by atoms with Crippen LogP contribution in [0.5, 0.6) is 0 Å². The summed E-state index contributed by atoms with van der Waals surface area (Å²) >= 11 is 0. The molecule has 15 heteroatoms. The number of nitrogens with one attached hydrogen (secondary N) is 2.